The average Bonchev–Trinajstić information content (AvgIpc) is 3.24. The molecule has 6 heteroatoms. The predicted molar refractivity (Wildman–Crippen MR) is 117 cm³/mol. The second-order valence-corrected chi connectivity index (χ2v) is 6.88. The number of halogens is 1. The molecule has 0 aliphatic heterocycles. The van der Waals surface area contributed by atoms with Crippen LogP contribution in [0.5, 0.6) is 0 Å². The van der Waals surface area contributed by atoms with Gasteiger partial charge in [-0.25, -0.2) is 4.39 Å². The summed E-state index contributed by atoms with van der Waals surface area (Å²) in [5.74, 6) is -0.935. The van der Waals surface area contributed by atoms with Crippen LogP contribution in [0.3, 0.4) is 0 Å². The van der Waals surface area contributed by atoms with Gasteiger partial charge in [0.2, 0.25) is 0 Å². The minimum Gasteiger partial charge on any atom is -0.357 e. The maximum absolute atomic E-state index is 14.5. The number of carbonyl (C=O) groups is 1. The average molecular weight is 401 g/mol. The molecule has 0 saturated carbocycles. The summed E-state index contributed by atoms with van der Waals surface area (Å²) in [7, 11) is 0. The molecule has 0 fully saturated rings. The molecule has 0 spiro atoms. The van der Waals surface area contributed by atoms with Gasteiger partial charge in [-0.1, -0.05) is 30.4 Å². The van der Waals surface area contributed by atoms with E-state index in [1.807, 2.05) is 37.3 Å². The van der Waals surface area contributed by atoms with Crippen LogP contribution in [0.15, 0.2) is 83.9 Å². The van der Waals surface area contributed by atoms with Crippen molar-refractivity contribution >= 4 is 22.5 Å². The Balaban J connectivity index is 1.80. The number of allylic oxidation sites excluding steroid dienone is 2. The van der Waals surface area contributed by atoms with Crippen LogP contribution in [-0.2, 0) is 6.54 Å². The number of nitrogens with zero attached hydrogens (tertiary/aromatic N) is 1. The van der Waals surface area contributed by atoms with E-state index in [1.165, 1.54) is 12.1 Å². The fourth-order valence-electron chi connectivity index (χ4n) is 3.38. The summed E-state index contributed by atoms with van der Waals surface area (Å²) in [6.07, 6.45) is 7.10. The smallest absolute Gasteiger partial charge is 0.275 e. The van der Waals surface area contributed by atoms with Crippen molar-refractivity contribution in [2.45, 2.75) is 13.5 Å². The molecule has 2 N–H and O–H groups in total. The van der Waals surface area contributed by atoms with Crippen molar-refractivity contribution in [3.05, 3.63) is 101 Å². The molecule has 0 radical (unpaired) electrons. The Hall–Kier alpha value is -3.93. The third-order valence-electron chi connectivity index (χ3n) is 4.84. The Kier molecular flexibility index (Phi) is 5.30. The Labute approximate surface area is 172 Å². The molecule has 150 valence electrons. The molecule has 0 bridgehead atoms. The lowest BCUT2D eigenvalue weighted by atomic mass is 10.0. The third kappa shape index (κ3) is 3.80. The first-order chi connectivity index (χ1) is 14.6. The SMILES string of the molecule is C/C=C/Cn1cc(-c2cc(F)cc(C(=O)Nc3ccccc3)c2)c2cc[nH]c2c1=O. The van der Waals surface area contributed by atoms with Gasteiger partial charge in [0, 0.05) is 41.1 Å². The number of pyridine rings is 1. The second kappa shape index (κ2) is 8.21. The maximum Gasteiger partial charge on any atom is 0.275 e. The fourth-order valence-corrected chi connectivity index (χ4v) is 3.38. The van der Waals surface area contributed by atoms with Crippen molar-refractivity contribution in [2.24, 2.45) is 0 Å². The predicted octanol–water partition coefficient (Wildman–Crippen LogP) is 4.96. The number of rotatable bonds is 5. The van der Waals surface area contributed by atoms with Crippen molar-refractivity contribution in [3.63, 3.8) is 0 Å². The first kappa shape index (κ1) is 19.4. The van der Waals surface area contributed by atoms with Gasteiger partial charge in [-0.05, 0) is 48.9 Å². The molecule has 4 rings (SSSR count). The topological polar surface area (TPSA) is 66.9 Å². The van der Waals surface area contributed by atoms with Crippen LogP contribution in [0, 0.1) is 5.82 Å². The Morgan fingerprint density at radius 1 is 1.17 bits per heavy atom. The quantitative estimate of drug-likeness (QED) is 0.464. The number of benzene rings is 2. The molecule has 1 amide bonds. The Morgan fingerprint density at radius 3 is 2.73 bits per heavy atom. The molecule has 2 aromatic carbocycles. The van der Waals surface area contributed by atoms with Gasteiger partial charge in [0.1, 0.15) is 11.3 Å². The Bertz CT molecular complexity index is 1300. The van der Waals surface area contributed by atoms with Gasteiger partial charge in [-0.2, -0.15) is 0 Å². The molecule has 2 heterocycles. The molecular formula is C24H20FN3O2. The summed E-state index contributed by atoms with van der Waals surface area (Å²) >= 11 is 0. The van der Waals surface area contributed by atoms with Gasteiger partial charge in [-0.3, -0.25) is 9.59 Å². The summed E-state index contributed by atoms with van der Waals surface area (Å²) in [5, 5.41) is 3.45. The summed E-state index contributed by atoms with van der Waals surface area (Å²) in [6, 6.07) is 15.0. The molecule has 0 aliphatic carbocycles. The zero-order valence-electron chi connectivity index (χ0n) is 16.4. The highest BCUT2D eigenvalue weighted by molar-refractivity contribution is 6.05. The van der Waals surface area contributed by atoms with E-state index in [0.29, 0.717) is 34.3 Å². The van der Waals surface area contributed by atoms with Gasteiger partial charge in [0.05, 0.1) is 0 Å². The first-order valence-electron chi connectivity index (χ1n) is 9.56. The minimum absolute atomic E-state index is 0.157. The van der Waals surface area contributed by atoms with Crippen LogP contribution >= 0.6 is 0 Å². The zero-order valence-corrected chi connectivity index (χ0v) is 16.4. The van der Waals surface area contributed by atoms with Crippen LogP contribution in [0.25, 0.3) is 22.0 Å². The second-order valence-electron chi connectivity index (χ2n) is 6.88. The van der Waals surface area contributed by atoms with E-state index >= 15 is 0 Å². The fraction of sp³-hybridized carbons (Fsp3) is 0.0833. The van der Waals surface area contributed by atoms with Crippen molar-refractivity contribution in [1.29, 1.82) is 0 Å². The molecule has 0 aliphatic rings. The number of hydrogen-bond donors (Lipinski definition) is 2. The lowest BCUT2D eigenvalue weighted by molar-refractivity contribution is 0.102. The highest BCUT2D eigenvalue weighted by atomic mass is 19.1. The number of nitrogens with one attached hydrogen (secondary N) is 2. The normalized spacial score (nSPS) is 11.3. The lowest BCUT2D eigenvalue weighted by Crippen LogP contribution is -2.19. The van der Waals surface area contributed by atoms with Gasteiger partial charge in [0.25, 0.3) is 11.5 Å². The first-order valence-corrected chi connectivity index (χ1v) is 9.56. The van der Waals surface area contributed by atoms with E-state index in [9.17, 15) is 14.0 Å². The summed E-state index contributed by atoms with van der Waals surface area (Å²) in [5.41, 5.74) is 2.30. The molecule has 4 aromatic rings. The number of carbonyl (C=O) groups excluding carboxylic acids is 1. The monoisotopic (exact) mass is 401 g/mol. The van der Waals surface area contributed by atoms with Crippen LogP contribution in [-0.4, -0.2) is 15.5 Å². The van der Waals surface area contributed by atoms with Crippen LogP contribution in [0.2, 0.25) is 0 Å². The van der Waals surface area contributed by atoms with Crippen molar-refractivity contribution in [3.8, 4) is 11.1 Å². The standard InChI is InChI=1S/C24H20FN3O2/c1-2-3-11-28-15-21(20-9-10-26-22(20)24(28)30)16-12-17(14-18(25)13-16)23(29)27-19-7-5-4-6-8-19/h2-10,12-15,26H,11H2,1H3,(H,27,29)/b3-2+. The maximum atomic E-state index is 14.5. The third-order valence-corrected chi connectivity index (χ3v) is 4.84. The summed E-state index contributed by atoms with van der Waals surface area (Å²) in [4.78, 5) is 28.3. The number of H-pyrrole nitrogens is 1. The Morgan fingerprint density at radius 2 is 1.97 bits per heavy atom. The number of hydrogen-bond acceptors (Lipinski definition) is 2. The molecule has 2 aromatic heterocycles. The van der Waals surface area contributed by atoms with Crippen molar-refractivity contribution in [2.75, 3.05) is 5.32 Å². The molecule has 0 atom stereocenters. The van der Waals surface area contributed by atoms with E-state index in [0.717, 1.165) is 0 Å². The van der Waals surface area contributed by atoms with Crippen LogP contribution in [0.4, 0.5) is 10.1 Å². The minimum atomic E-state index is -0.527. The van der Waals surface area contributed by atoms with E-state index in [-0.39, 0.29) is 11.1 Å². The van der Waals surface area contributed by atoms with E-state index in [2.05, 4.69) is 10.3 Å². The summed E-state index contributed by atoms with van der Waals surface area (Å²) in [6.45, 7) is 2.28. The largest absolute Gasteiger partial charge is 0.357 e. The van der Waals surface area contributed by atoms with Gasteiger partial charge in [0.15, 0.2) is 0 Å². The number of para-hydroxylation sites is 1. The zero-order chi connectivity index (χ0) is 21.1. The number of amides is 1. The molecule has 0 saturated heterocycles. The van der Waals surface area contributed by atoms with E-state index in [4.69, 9.17) is 0 Å². The van der Waals surface area contributed by atoms with Crippen molar-refractivity contribution in [1.82, 2.24) is 9.55 Å². The van der Waals surface area contributed by atoms with Crippen LogP contribution in [0.1, 0.15) is 17.3 Å². The summed E-state index contributed by atoms with van der Waals surface area (Å²) < 4.78 is 16.0. The van der Waals surface area contributed by atoms with Gasteiger partial charge < -0.3 is 14.9 Å². The highest BCUT2D eigenvalue weighted by Crippen LogP contribution is 2.28. The number of fused-ring (bicyclic) bond motifs is 1. The number of aromatic amines is 1. The van der Waals surface area contributed by atoms with E-state index in [1.54, 1.807) is 41.2 Å². The molecular weight excluding hydrogens is 381 g/mol. The number of aromatic nitrogens is 2. The lowest BCUT2D eigenvalue weighted by Gasteiger charge is -2.11. The van der Waals surface area contributed by atoms with Gasteiger partial charge in [-0.15, -0.1) is 0 Å². The van der Waals surface area contributed by atoms with Gasteiger partial charge >= 0.3 is 0 Å². The molecule has 5 nitrogen and oxygen atoms in total. The van der Waals surface area contributed by atoms with E-state index < -0.39 is 11.7 Å². The number of anilines is 1. The molecule has 0 unspecified atom stereocenters. The molecule has 30 heavy (non-hydrogen) atoms. The van der Waals surface area contributed by atoms with Crippen molar-refractivity contribution < 1.29 is 9.18 Å². The highest BCUT2D eigenvalue weighted by Gasteiger charge is 2.15. The van der Waals surface area contributed by atoms with Crippen LogP contribution < -0.4 is 10.9 Å².